The summed E-state index contributed by atoms with van der Waals surface area (Å²) in [5.41, 5.74) is 4.83. The van der Waals surface area contributed by atoms with Gasteiger partial charge in [-0.2, -0.15) is 0 Å². The van der Waals surface area contributed by atoms with Crippen molar-refractivity contribution in [3.05, 3.63) is 0 Å². The van der Waals surface area contributed by atoms with Crippen LogP contribution in [0.5, 0.6) is 0 Å². The first-order valence-electron chi connectivity index (χ1n) is 4.32. The molecule has 0 radical (unpaired) electrons. The number of hydrogen-bond donors (Lipinski definition) is 3. The molecule has 0 aliphatic rings. The summed E-state index contributed by atoms with van der Waals surface area (Å²) in [6, 6.07) is -2.61. The maximum absolute atomic E-state index is 11.5. The number of aliphatic carboxylic acids is 1. The topological polar surface area (TPSA) is 113 Å². The molecule has 0 aromatic rings. The SMILES string of the molecule is CC(NC(N)=O)C(=O)N(C)C(C)C(=O)O. The number of hydrogen-bond acceptors (Lipinski definition) is 3. The van der Waals surface area contributed by atoms with Gasteiger partial charge in [0.05, 0.1) is 0 Å². The predicted octanol–water partition coefficient (Wildman–Crippen LogP) is -1.03. The first-order valence-corrected chi connectivity index (χ1v) is 4.32. The van der Waals surface area contributed by atoms with Gasteiger partial charge in [0.1, 0.15) is 12.1 Å². The Morgan fingerprint density at radius 1 is 1.33 bits per heavy atom. The molecule has 0 saturated carbocycles. The molecule has 0 rings (SSSR count). The van der Waals surface area contributed by atoms with Gasteiger partial charge in [-0.25, -0.2) is 9.59 Å². The standard InChI is InChI=1S/C8H15N3O4/c1-4(10-8(9)15)6(12)11(3)5(2)7(13)14/h4-5H,1-3H3,(H,13,14)(H3,9,10,15). The molecular formula is C8H15N3O4. The van der Waals surface area contributed by atoms with Crippen molar-refractivity contribution < 1.29 is 19.5 Å². The van der Waals surface area contributed by atoms with Gasteiger partial charge in [0.15, 0.2) is 0 Å². The summed E-state index contributed by atoms with van der Waals surface area (Å²) in [4.78, 5) is 33.6. The highest BCUT2D eigenvalue weighted by Crippen LogP contribution is 1.99. The Morgan fingerprint density at radius 2 is 1.80 bits per heavy atom. The molecule has 0 aromatic carbocycles. The summed E-state index contributed by atoms with van der Waals surface area (Å²) < 4.78 is 0. The Kier molecular flexibility index (Phi) is 4.56. The van der Waals surface area contributed by atoms with Gasteiger partial charge in [-0.1, -0.05) is 0 Å². The first-order chi connectivity index (χ1) is 6.77. The van der Waals surface area contributed by atoms with Crippen molar-refractivity contribution in [2.75, 3.05) is 7.05 Å². The van der Waals surface area contributed by atoms with Gasteiger partial charge in [0, 0.05) is 7.05 Å². The van der Waals surface area contributed by atoms with Gasteiger partial charge in [0.25, 0.3) is 0 Å². The van der Waals surface area contributed by atoms with Crippen LogP contribution in [0.2, 0.25) is 0 Å². The number of primary amides is 1. The van der Waals surface area contributed by atoms with Crippen LogP contribution < -0.4 is 11.1 Å². The zero-order chi connectivity index (χ0) is 12.2. The Balaban J connectivity index is 4.43. The maximum Gasteiger partial charge on any atom is 0.326 e. The average Bonchev–Trinajstić information content (AvgIpc) is 2.13. The molecule has 7 heteroatoms. The van der Waals surface area contributed by atoms with E-state index in [0.29, 0.717) is 0 Å². The fourth-order valence-electron chi connectivity index (χ4n) is 0.937. The van der Waals surface area contributed by atoms with Crippen molar-refractivity contribution >= 4 is 17.9 Å². The van der Waals surface area contributed by atoms with Crippen molar-refractivity contribution in [2.45, 2.75) is 25.9 Å². The summed E-state index contributed by atoms with van der Waals surface area (Å²) in [7, 11) is 1.35. The molecule has 0 bridgehead atoms. The van der Waals surface area contributed by atoms with E-state index >= 15 is 0 Å². The number of nitrogens with one attached hydrogen (secondary N) is 1. The van der Waals surface area contributed by atoms with Crippen LogP contribution >= 0.6 is 0 Å². The lowest BCUT2D eigenvalue weighted by Crippen LogP contribution is -2.51. The van der Waals surface area contributed by atoms with Crippen LogP contribution in [0.25, 0.3) is 0 Å². The van der Waals surface area contributed by atoms with Crippen LogP contribution in [-0.2, 0) is 9.59 Å². The lowest BCUT2D eigenvalue weighted by atomic mass is 10.2. The molecule has 0 saturated heterocycles. The van der Waals surface area contributed by atoms with Gasteiger partial charge in [-0.15, -0.1) is 0 Å². The van der Waals surface area contributed by atoms with E-state index in [0.717, 1.165) is 4.90 Å². The number of carboxylic acid groups (broad SMARTS) is 1. The number of nitrogens with two attached hydrogens (primary N) is 1. The van der Waals surface area contributed by atoms with Crippen LogP contribution in [0.4, 0.5) is 4.79 Å². The quantitative estimate of drug-likeness (QED) is 0.559. The third-order valence-corrected chi connectivity index (χ3v) is 2.02. The second kappa shape index (κ2) is 5.18. The third kappa shape index (κ3) is 3.84. The number of carbonyl (C=O) groups excluding carboxylic acids is 2. The van der Waals surface area contributed by atoms with E-state index in [1.807, 2.05) is 0 Å². The molecule has 2 unspecified atom stereocenters. The molecule has 2 atom stereocenters. The highest BCUT2D eigenvalue weighted by Gasteiger charge is 2.25. The van der Waals surface area contributed by atoms with Crippen molar-refractivity contribution in [1.82, 2.24) is 10.2 Å². The minimum atomic E-state index is -1.11. The zero-order valence-electron chi connectivity index (χ0n) is 8.85. The Labute approximate surface area is 87.2 Å². The molecule has 3 amide bonds. The van der Waals surface area contributed by atoms with Crippen LogP contribution in [0.1, 0.15) is 13.8 Å². The number of nitrogens with zero attached hydrogens (tertiary/aromatic N) is 1. The molecule has 0 aliphatic heterocycles. The van der Waals surface area contributed by atoms with Crippen molar-refractivity contribution in [3.8, 4) is 0 Å². The van der Waals surface area contributed by atoms with E-state index < -0.39 is 30.0 Å². The number of rotatable bonds is 4. The van der Waals surface area contributed by atoms with E-state index in [4.69, 9.17) is 10.8 Å². The third-order valence-electron chi connectivity index (χ3n) is 2.02. The monoisotopic (exact) mass is 217 g/mol. The second-order valence-corrected chi connectivity index (χ2v) is 3.19. The maximum atomic E-state index is 11.5. The summed E-state index contributed by atoms with van der Waals surface area (Å²) in [5, 5.41) is 10.8. The Morgan fingerprint density at radius 3 is 2.13 bits per heavy atom. The molecule has 0 fully saturated rings. The van der Waals surface area contributed by atoms with Crippen LogP contribution in [0, 0.1) is 0 Å². The fraction of sp³-hybridized carbons (Fsp3) is 0.625. The van der Waals surface area contributed by atoms with Gasteiger partial charge in [-0.05, 0) is 13.8 Å². The van der Waals surface area contributed by atoms with Crippen LogP contribution in [-0.4, -0.2) is 47.0 Å². The highest BCUT2D eigenvalue weighted by molar-refractivity contribution is 5.89. The number of amides is 3. The molecular weight excluding hydrogens is 202 g/mol. The zero-order valence-corrected chi connectivity index (χ0v) is 8.85. The molecule has 7 nitrogen and oxygen atoms in total. The molecule has 0 aliphatic carbocycles. The molecule has 0 spiro atoms. The number of likely N-dealkylation sites (N-methyl/N-ethyl adjacent to an activating group) is 1. The minimum Gasteiger partial charge on any atom is -0.480 e. The van der Waals surface area contributed by atoms with E-state index in [1.54, 1.807) is 0 Å². The fourth-order valence-corrected chi connectivity index (χ4v) is 0.937. The Hall–Kier alpha value is -1.79. The smallest absolute Gasteiger partial charge is 0.326 e. The molecule has 86 valence electrons. The molecule has 0 aromatic heterocycles. The summed E-state index contributed by atoms with van der Waals surface area (Å²) in [6.07, 6.45) is 0. The number of carboxylic acids is 1. The first kappa shape index (κ1) is 13.2. The van der Waals surface area contributed by atoms with Crippen molar-refractivity contribution in [3.63, 3.8) is 0 Å². The van der Waals surface area contributed by atoms with Crippen LogP contribution in [0.3, 0.4) is 0 Å². The number of carbonyl (C=O) groups is 3. The highest BCUT2D eigenvalue weighted by atomic mass is 16.4. The average molecular weight is 217 g/mol. The van der Waals surface area contributed by atoms with Gasteiger partial charge >= 0.3 is 12.0 Å². The second-order valence-electron chi connectivity index (χ2n) is 3.19. The van der Waals surface area contributed by atoms with Gasteiger partial charge in [-0.3, -0.25) is 4.79 Å². The minimum absolute atomic E-state index is 0.510. The normalized spacial score (nSPS) is 13.8. The van der Waals surface area contributed by atoms with Crippen molar-refractivity contribution in [1.29, 1.82) is 0 Å². The van der Waals surface area contributed by atoms with Crippen LogP contribution in [0.15, 0.2) is 0 Å². The van der Waals surface area contributed by atoms with Gasteiger partial charge in [0.2, 0.25) is 5.91 Å². The van der Waals surface area contributed by atoms with E-state index in [-0.39, 0.29) is 0 Å². The summed E-state index contributed by atoms with van der Waals surface area (Å²) in [6.45, 7) is 2.80. The summed E-state index contributed by atoms with van der Waals surface area (Å²) in [5.74, 6) is -1.62. The molecule has 4 N–H and O–H groups in total. The summed E-state index contributed by atoms with van der Waals surface area (Å²) >= 11 is 0. The lowest BCUT2D eigenvalue weighted by Gasteiger charge is -2.24. The van der Waals surface area contributed by atoms with Crippen molar-refractivity contribution in [2.24, 2.45) is 5.73 Å². The largest absolute Gasteiger partial charge is 0.480 e. The van der Waals surface area contributed by atoms with Gasteiger partial charge < -0.3 is 21.1 Å². The molecule has 15 heavy (non-hydrogen) atoms. The Bertz CT molecular complexity index is 279. The predicted molar refractivity (Wildman–Crippen MR) is 52.0 cm³/mol. The lowest BCUT2D eigenvalue weighted by molar-refractivity contribution is -0.148. The van der Waals surface area contributed by atoms with E-state index in [9.17, 15) is 14.4 Å². The van der Waals surface area contributed by atoms with E-state index in [1.165, 1.54) is 20.9 Å². The molecule has 0 heterocycles. The number of urea groups is 1. The van der Waals surface area contributed by atoms with E-state index in [2.05, 4.69) is 5.32 Å².